The Morgan fingerprint density at radius 2 is 1.60 bits per heavy atom. The lowest BCUT2D eigenvalue weighted by Gasteiger charge is -2.27. The Morgan fingerprint density at radius 1 is 1.00 bits per heavy atom. The predicted molar refractivity (Wildman–Crippen MR) is 93.6 cm³/mol. The first-order valence-corrected chi connectivity index (χ1v) is 7.94. The molecule has 0 unspecified atom stereocenters. The van der Waals surface area contributed by atoms with Crippen LogP contribution in [0.2, 0.25) is 0 Å². The first kappa shape index (κ1) is 18.6. The number of carbonyl (C=O) groups excluding carboxylic acids is 2. The number of benzene rings is 2. The summed E-state index contributed by atoms with van der Waals surface area (Å²) >= 11 is 0. The van der Waals surface area contributed by atoms with Crippen LogP contribution >= 0.6 is 0 Å². The second-order valence-corrected chi connectivity index (χ2v) is 5.65. The Bertz CT molecular complexity index is 772. The van der Waals surface area contributed by atoms with Crippen LogP contribution < -0.4 is 9.80 Å². The molecule has 0 saturated heterocycles. The van der Waals surface area contributed by atoms with Gasteiger partial charge in [-0.3, -0.25) is 14.5 Å². The summed E-state index contributed by atoms with van der Waals surface area (Å²) < 4.78 is 28.0. The van der Waals surface area contributed by atoms with Crippen LogP contribution in [-0.4, -0.2) is 24.9 Å². The third-order valence-corrected chi connectivity index (χ3v) is 3.81. The van der Waals surface area contributed by atoms with E-state index >= 15 is 0 Å². The van der Waals surface area contributed by atoms with Gasteiger partial charge in [-0.1, -0.05) is 18.2 Å². The van der Waals surface area contributed by atoms with Crippen molar-refractivity contribution >= 4 is 23.2 Å². The van der Waals surface area contributed by atoms with Crippen LogP contribution in [0.1, 0.15) is 19.4 Å². The predicted octanol–water partition coefficient (Wildman–Crippen LogP) is 3.68. The largest absolute Gasteiger partial charge is 0.311 e. The molecular weight excluding hydrogens is 326 g/mol. The zero-order valence-electron chi connectivity index (χ0n) is 14.4. The molecule has 0 radical (unpaired) electrons. The fourth-order valence-electron chi connectivity index (χ4n) is 2.61. The Balaban J connectivity index is 2.33. The number of amides is 2. The number of anilines is 2. The lowest BCUT2D eigenvalue weighted by atomic mass is 10.2. The number of likely N-dealkylation sites (N-methyl/N-ethyl adjacent to an activating group) is 1. The van der Waals surface area contributed by atoms with E-state index in [4.69, 9.17) is 0 Å². The van der Waals surface area contributed by atoms with Gasteiger partial charge in [0, 0.05) is 19.2 Å². The molecule has 0 aliphatic carbocycles. The summed E-state index contributed by atoms with van der Waals surface area (Å²) in [5, 5.41) is 0. The summed E-state index contributed by atoms with van der Waals surface area (Å²) in [6, 6.07) is 10.6. The molecule has 0 atom stereocenters. The molecule has 0 spiro atoms. The van der Waals surface area contributed by atoms with Crippen LogP contribution in [0.5, 0.6) is 0 Å². The molecule has 4 nitrogen and oxygen atoms in total. The molecule has 0 fully saturated rings. The molecule has 2 aromatic carbocycles. The van der Waals surface area contributed by atoms with Gasteiger partial charge in [-0.25, -0.2) is 8.78 Å². The molecule has 6 heteroatoms. The van der Waals surface area contributed by atoms with Gasteiger partial charge in [0.05, 0.1) is 0 Å². The van der Waals surface area contributed by atoms with E-state index < -0.39 is 35.7 Å². The molecule has 132 valence electrons. The van der Waals surface area contributed by atoms with E-state index in [1.54, 1.807) is 13.0 Å². The van der Waals surface area contributed by atoms with Crippen molar-refractivity contribution in [2.45, 2.75) is 20.8 Å². The molecule has 0 heterocycles. The van der Waals surface area contributed by atoms with Crippen LogP contribution in [0.4, 0.5) is 20.2 Å². The van der Waals surface area contributed by atoms with E-state index in [2.05, 4.69) is 0 Å². The summed E-state index contributed by atoms with van der Waals surface area (Å²) in [6.45, 7) is 4.78. The van der Waals surface area contributed by atoms with Crippen LogP contribution in [-0.2, 0) is 9.59 Å². The molecule has 2 aromatic rings. The van der Waals surface area contributed by atoms with Crippen molar-refractivity contribution in [3.63, 3.8) is 0 Å². The second kappa shape index (κ2) is 7.88. The standard InChI is InChI=1S/C19H20F2N2O2/c1-4-22(15-8-5-7-13(2)11-15)18(25)12-23(14(3)24)19-16(20)9-6-10-17(19)21/h5-11H,4,12H2,1-3H3. The number of hydrogen-bond acceptors (Lipinski definition) is 2. The number of carbonyl (C=O) groups is 2. The van der Waals surface area contributed by atoms with Gasteiger partial charge >= 0.3 is 0 Å². The Labute approximate surface area is 145 Å². The van der Waals surface area contributed by atoms with Crippen molar-refractivity contribution in [3.05, 3.63) is 59.7 Å². The number of halogens is 2. The number of rotatable bonds is 5. The van der Waals surface area contributed by atoms with Gasteiger partial charge in [0.1, 0.15) is 23.9 Å². The molecule has 0 bridgehead atoms. The maximum Gasteiger partial charge on any atom is 0.247 e. The van der Waals surface area contributed by atoms with Gasteiger partial charge in [-0.15, -0.1) is 0 Å². The molecule has 0 aliphatic rings. The zero-order chi connectivity index (χ0) is 18.6. The van der Waals surface area contributed by atoms with E-state index in [1.807, 2.05) is 25.1 Å². The SMILES string of the molecule is CCN(C(=O)CN(C(C)=O)c1c(F)cccc1F)c1cccc(C)c1. The van der Waals surface area contributed by atoms with Crippen LogP contribution in [0.25, 0.3) is 0 Å². The lowest BCUT2D eigenvalue weighted by molar-refractivity contribution is -0.121. The Hall–Kier alpha value is -2.76. The minimum absolute atomic E-state index is 0.369. The summed E-state index contributed by atoms with van der Waals surface area (Å²) in [4.78, 5) is 26.9. The van der Waals surface area contributed by atoms with Crippen molar-refractivity contribution in [2.24, 2.45) is 0 Å². The van der Waals surface area contributed by atoms with Crippen LogP contribution in [0, 0.1) is 18.6 Å². The van der Waals surface area contributed by atoms with Gasteiger partial charge in [0.2, 0.25) is 11.8 Å². The molecular formula is C19H20F2N2O2. The van der Waals surface area contributed by atoms with E-state index in [-0.39, 0.29) is 0 Å². The minimum Gasteiger partial charge on any atom is -0.311 e. The number of para-hydroxylation sites is 1. The van der Waals surface area contributed by atoms with Gasteiger partial charge < -0.3 is 4.90 Å². The number of nitrogens with zero attached hydrogens (tertiary/aromatic N) is 2. The van der Waals surface area contributed by atoms with Gasteiger partial charge in [-0.2, -0.15) is 0 Å². The third kappa shape index (κ3) is 4.21. The quantitative estimate of drug-likeness (QED) is 0.829. The summed E-state index contributed by atoms with van der Waals surface area (Å²) in [6.07, 6.45) is 0. The van der Waals surface area contributed by atoms with E-state index in [0.717, 1.165) is 22.6 Å². The molecule has 25 heavy (non-hydrogen) atoms. The second-order valence-electron chi connectivity index (χ2n) is 5.65. The molecule has 0 aromatic heterocycles. The Kier molecular flexibility index (Phi) is 5.85. The average Bonchev–Trinajstić information content (AvgIpc) is 2.54. The van der Waals surface area contributed by atoms with Gasteiger partial charge in [-0.05, 0) is 43.7 Å². The monoisotopic (exact) mass is 346 g/mol. The first-order chi connectivity index (χ1) is 11.8. The van der Waals surface area contributed by atoms with E-state index in [9.17, 15) is 18.4 Å². The van der Waals surface area contributed by atoms with Crippen molar-refractivity contribution in [3.8, 4) is 0 Å². The lowest BCUT2D eigenvalue weighted by Crippen LogP contribution is -2.43. The maximum atomic E-state index is 14.0. The fraction of sp³-hybridized carbons (Fsp3) is 0.263. The highest BCUT2D eigenvalue weighted by Crippen LogP contribution is 2.24. The molecule has 0 N–H and O–H groups in total. The van der Waals surface area contributed by atoms with E-state index in [0.29, 0.717) is 12.2 Å². The van der Waals surface area contributed by atoms with Crippen LogP contribution in [0.3, 0.4) is 0 Å². The van der Waals surface area contributed by atoms with Crippen molar-refractivity contribution in [2.75, 3.05) is 22.9 Å². The van der Waals surface area contributed by atoms with E-state index in [1.165, 1.54) is 17.9 Å². The molecule has 2 rings (SSSR count). The summed E-state index contributed by atoms with van der Waals surface area (Å²) in [5.41, 5.74) is 1.14. The third-order valence-electron chi connectivity index (χ3n) is 3.81. The van der Waals surface area contributed by atoms with Gasteiger partial charge in [0.25, 0.3) is 0 Å². The highest BCUT2D eigenvalue weighted by atomic mass is 19.1. The topological polar surface area (TPSA) is 40.6 Å². The van der Waals surface area contributed by atoms with Crippen molar-refractivity contribution < 1.29 is 18.4 Å². The Morgan fingerprint density at radius 3 is 2.12 bits per heavy atom. The summed E-state index contributed by atoms with van der Waals surface area (Å²) in [7, 11) is 0. The van der Waals surface area contributed by atoms with Crippen molar-refractivity contribution in [1.82, 2.24) is 0 Å². The minimum atomic E-state index is -0.887. The maximum absolute atomic E-state index is 14.0. The zero-order valence-corrected chi connectivity index (χ0v) is 14.4. The number of hydrogen-bond donors (Lipinski definition) is 0. The number of aryl methyl sites for hydroxylation is 1. The van der Waals surface area contributed by atoms with Crippen LogP contribution in [0.15, 0.2) is 42.5 Å². The molecule has 0 saturated carbocycles. The normalized spacial score (nSPS) is 10.4. The molecule has 0 aliphatic heterocycles. The highest BCUT2D eigenvalue weighted by Gasteiger charge is 2.25. The summed E-state index contributed by atoms with van der Waals surface area (Å²) in [5.74, 6) is -2.81. The average molecular weight is 346 g/mol. The van der Waals surface area contributed by atoms with Crippen molar-refractivity contribution in [1.29, 1.82) is 0 Å². The first-order valence-electron chi connectivity index (χ1n) is 7.94. The smallest absolute Gasteiger partial charge is 0.247 e. The highest BCUT2D eigenvalue weighted by molar-refractivity contribution is 6.03. The van der Waals surface area contributed by atoms with Gasteiger partial charge in [0.15, 0.2) is 0 Å². The molecule has 2 amide bonds. The fourth-order valence-corrected chi connectivity index (χ4v) is 2.61.